The standard InChI is InChI=1S/C10H16N4O2/c1-6(2)14-10(12)13-4-8-3-7(5-16-8)9(11)15/h3,5-6H,4H2,1-2H3,(H2,11,15)(H3,12,13,14). The fourth-order valence-electron chi connectivity index (χ4n) is 1.10. The van der Waals surface area contributed by atoms with Crippen molar-refractivity contribution in [2.75, 3.05) is 0 Å². The van der Waals surface area contributed by atoms with Crippen molar-refractivity contribution in [2.45, 2.75) is 26.4 Å². The second kappa shape index (κ2) is 5.20. The van der Waals surface area contributed by atoms with Crippen LogP contribution in [-0.2, 0) is 6.54 Å². The van der Waals surface area contributed by atoms with Crippen LogP contribution in [-0.4, -0.2) is 17.9 Å². The summed E-state index contributed by atoms with van der Waals surface area (Å²) in [4.78, 5) is 14.8. The average Bonchev–Trinajstić information content (AvgIpc) is 2.61. The Labute approximate surface area is 93.7 Å². The Morgan fingerprint density at radius 2 is 2.25 bits per heavy atom. The molecule has 1 heterocycles. The summed E-state index contributed by atoms with van der Waals surface area (Å²) in [5, 5.41) is 2.94. The van der Waals surface area contributed by atoms with Crippen molar-refractivity contribution in [1.29, 1.82) is 0 Å². The number of nitrogens with zero attached hydrogens (tertiary/aromatic N) is 1. The van der Waals surface area contributed by atoms with Crippen molar-refractivity contribution in [2.24, 2.45) is 16.5 Å². The van der Waals surface area contributed by atoms with Gasteiger partial charge in [-0.2, -0.15) is 0 Å². The summed E-state index contributed by atoms with van der Waals surface area (Å²) < 4.78 is 5.09. The number of hydrogen-bond donors (Lipinski definition) is 3. The van der Waals surface area contributed by atoms with Crippen molar-refractivity contribution in [3.8, 4) is 0 Å². The minimum atomic E-state index is -0.521. The zero-order valence-corrected chi connectivity index (χ0v) is 9.36. The van der Waals surface area contributed by atoms with E-state index in [9.17, 15) is 4.79 Å². The molecule has 0 unspecified atom stereocenters. The smallest absolute Gasteiger partial charge is 0.251 e. The van der Waals surface area contributed by atoms with Crippen LogP contribution in [0.1, 0.15) is 30.0 Å². The molecule has 88 valence electrons. The summed E-state index contributed by atoms with van der Waals surface area (Å²) in [6.07, 6.45) is 1.30. The van der Waals surface area contributed by atoms with E-state index in [4.69, 9.17) is 15.9 Å². The Morgan fingerprint density at radius 3 is 2.75 bits per heavy atom. The van der Waals surface area contributed by atoms with Gasteiger partial charge in [0.25, 0.3) is 5.91 Å². The lowest BCUT2D eigenvalue weighted by Crippen LogP contribution is -2.36. The minimum Gasteiger partial charge on any atom is -0.467 e. The van der Waals surface area contributed by atoms with Gasteiger partial charge in [-0.1, -0.05) is 0 Å². The monoisotopic (exact) mass is 224 g/mol. The second-order valence-corrected chi connectivity index (χ2v) is 3.67. The maximum atomic E-state index is 10.8. The Kier molecular flexibility index (Phi) is 3.93. The predicted molar refractivity (Wildman–Crippen MR) is 60.8 cm³/mol. The van der Waals surface area contributed by atoms with Gasteiger partial charge in [0.2, 0.25) is 0 Å². The minimum absolute atomic E-state index is 0.224. The van der Waals surface area contributed by atoms with E-state index in [0.717, 1.165) is 0 Å². The van der Waals surface area contributed by atoms with Gasteiger partial charge >= 0.3 is 0 Å². The maximum Gasteiger partial charge on any atom is 0.251 e. The normalized spacial score (nSPS) is 11.8. The van der Waals surface area contributed by atoms with Crippen LogP contribution in [0, 0.1) is 0 Å². The van der Waals surface area contributed by atoms with Gasteiger partial charge in [0.15, 0.2) is 5.96 Å². The number of hydrogen-bond acceptors (Lipinski definition) is 3. The molecule has 1 aromatic heterocycles. The largest absolute Gasteiger partial charge is 0.467 e. The molecule has 5 N–H and O–H groups in total. The first-order valence-corrected chi connectivity index (χ1v) is 4.92. The average molecular weight is 224 g/mol. The van der Waals surface area contributed by atoms with Crippen LogP contribution in [0.15, 0.2) is 21.7 Å². The van der Waals surface area contributed by atoms with Gasteiger partial charge in [-0.15, -0.1) is 0 Å². The summed E-state index contributed by atoms with van der Waals surface area (Å²) in [6.45, 7) is 4.19. The summed E-state index contributed by atoms with van der Waals surface area (Å²) in [6, 6.07) is 1.77. The third kappa shape index (κ3) is 3.64. The van der Waals surface area contributed by atoms with E-state index in [1.165, 1.54) is 6.26 Å². The molecule has 0 aromatic carbocycles. The van der Waals surface area contributed by atoms with Crippen LogP contribution in [0.5, 0.6) is 0 Å². The molecule has 16 heavy (non-hydrogen) atoms. The molecule has 0 aliphatic carbocycles. The molecule has 6 heteroatoms. The molecule has 0 radical (unpaired) electrons. The molecule has 0 spiro atoms. The lowest BCUT2D eigenvalue weighted by atomic mass is 10.3. The van der Waals surface area contributed by atoms with Crippen molar-refractivity contribution < 1.29 is 9.21 Å². The molecule has 0 saturated heterocycles. The summed E-state index contributed by atoms with van der Waals surface area (Å²) in [5.41, 5.74) is 11.0. The van der Waals surface area contributed by atoms with E-state index in [-0.39, 0.29) is 12.6 Å². The van der Waals surface area contributed by atoms with Gasteiger partial charge in [-0.25, -0.2) is 4.99 Å². The van der Waals surface area contributed by atoms with Gasteiger partial charge in [-0.3, -0.25) is 4.79 Å². The number of guanidine groups is 1. The number of amides is 1. The van der Waals surface area contributed by atoms with Gasteiger partial charge < -0.3 is 21.2 Å². The molecule has 1 aromatic rings. The number of primary amides is 1. The highest BCUT2D eigenvalue weighted by atomic mass is 16.3. The van der Waals surface area contributed by atoms with E-state index < -0.39 is 5.91 Å². The number of carbonyl (C=O) groups is 1. The number of nitrogens with one attached hydrogen (secondary N) is 1. The molecule has 0 bridgehead atoms. The second-order valence-electron chi connectivity index (χ2n) is 3.67. The van der Waals surface area contributed by atoms with Crippen LogP contribution in [0.3, 0.4) is 0 Å². The molecule has 0 aliphatic heterocycles. The molecular formula is C10H16N4O2. The van der Waals surface area contributed by atoms with Gasteiger partial charge in [0.05, 0.1) is 5.56 Å². The zero-order chi connectivity index (χ0) is 12.1. The molecule has 1 amide bonds. The van der Waals surface area contributed by atoms with E-state index in [2.05, 4.69) is 10.3 Å². The highest BCUT2D eigenvalue weighted by molar-refractivity contribution is 5.92. The first-order chi connectivity index (χ1) is 7.49. The number of aliphatic imine (C=N–C) groups is 1. The quantitative estimate of drug-likeness (QED) is 0.501. The highest BCUT2D eigenvalue weighted by Gasteiger charge is 2.05. The number of carbonyl (C=O) groups excluding carboxylic acids is 1. The van der Waals surface area contributed by atoms with Gasteiger partial charge in [-0.05, 0) is 19.9 Å². The van der Waals surface area contributed by atoms with Crippen molar-refractivity contribution in [3.63, 3.8) is 0 Å². The van der Waals surface area contributed by atoms with E-state index in [1.807, 2.05) is 13.8 Å². The lowest BCUT2D eigenvalue weighted by molar-refractivity contribution is 0.0999. The topological polar surface area (TPSA) is 107 Å². The summed E-state index contributed by atoms with van der Waals surface area (Å²) in [5.74, 6) is 0.363. The molecule has 6 nitrogen and oxygen atoms in total. The van der Waals surface area contributed by atoms with Gasteiger partial charge in [0, 0.05) is 6.04 Å². The maximum absolute atomic E-state index is 10.8. The third-order valence-corrected chi connectivity index (χ3v) is 1.78. The fourth-order valence-corrected chi connectivity index (χ4v) is 1.10. The molecule has 0 aliphatic rings. The van der Waals surface area contributed by atoms with E-state index in [1.54, 1.807) is 6.07 Å². The SMILES string of the molecule is CC(C)NC(N)=NCc1cc(C(N)=O)co1. The zero-order valence-electron chi connectivity index (χ0n) is 9.36. The van der Waals surface area contributed by atoms with Gasteiger partial charge in [0.1, 0.15) is 18.6 Å². The summed E-state index contributed by atoms with van der Waals surface area (Å²) in [7, 11) is 0. The van der Waals surface area contributed by atoms with Crippen LogP contribution < -0.4 is 16.8 Å². The van der Waals surface area contributed by atoms with Crippen molar-refractivity contribution in [1.82, 2.24) is 5.32 Å². The molecule has 0 fully saturated rings. The molecule has 0 saturated carbocycles. The Morgan fingerprint density at radius 1 is 1.56 bits per heavy atom. The van der Waals surface area contributed by atoms with E-state index in [0.29, 0.717) is 17.3 Å². The van der Waals surface area contributed by atoms with Crippen molar-refractivity contribution in [3.05, 3.63) is 23.7 Å². The Hall–Kier alpha value is -1.98. The Balaban J connectivity index is 2.57. The number of nitrogens with two attached hydrogens (primary N) is 2. The Bertz CT molecular complexity index is 395. The molecule has 1 rings (SSSR count). The lowest BCUT2D eigenvalue weighted by Gasteiger charge is -2.07. The predicted octanol–water partition coefficient (Wildman–Crippen LogP) is 0.191. The third-order valence-electron chi connectivity index (χ3n) is 1.78. The fraction of sp³-hybridized carbons (Fsp3) is 0.400. The summed E-state index contributed by atoms with van der Waals surface area (Å²) >= 11 is 0. The van der Waals surface area contributed by atoms with E-state index >= 15 is 0 Å². The molecule has 0 atom stereocenters. The molecular weight excluding hydrogens is 208 g/mol. The first-order valence-electron chi connectivity index (χ1n) is 4.92. The van der Waals surface area contributed by atoms with Crippen LogP contribution in [0.4, 0.5) is 0 Å². The van der Waals surface area contributed by atoms with Crippen LogP contribution >= 0.6 is 0 Å². The highest BCUT2D eigenvalue weighted by Crippen LogP contribution is 2.07. The number of rotatable bonds is 4. The van der Waals surface area contributed by atoms with Crippen molar-refractivity contribution >= 4 is 11.9 Å². The first kappa shape index (κ1) is 12.1. The van der Waals surface area contributed by atoms with Crippen LogP contribution in [0.25, 0.3) is 0 Å². The van der Waals surface area contributed by atoms with Crippen LogP contribution in [0.2, 0.25) is 0 Å². The number of furan rings is 1.